The van der Waals surface area contributed by atoms with Gasteiger partial charge in [-0.05, 0) is 31.0 Å². The van der Waals surface area contributed by atoms with Gasteiger partial charge in [0, 0.05) is 17.6 Å². The third-order valence-corrected chi connectivity index (χ3v) is 2.93. The van der Waals surface area contributed by atoms with Gasteiger partial charge in [0.1, 0.15) is 5.82 Å². The molecule has 0 saturated heterocycles. The minimum atomic E-state index is -0.172. The zero-order valence-corrected chi connectivity index (χ0v) is 10.4. The summed E-state index contributed by atoms with van der Waals surface area (Å²) in [6.45, 7) is 5.28. The van der Waals surface area contributed by atoms with Crippen LogP contribution in [0.4, 0.5) is 4.39 Å². The monoisotopic (exact) mass is 234 g/mol. The Kier molecular flexibility index (Phi) is 3.79. The number of benzene rings is 1. The summed E-state index contributed by atoms with van der Waals surface area (Å²) in [5.41, 5.74) is 1.82. The highest BCUT2D eigenvalue weighted by atomic mass is 19.1. The maximum Gasteiger partial charge on any atom is 0.147 e. The second-order valence-corrected chi connectivity index (χ2v) is 4.69. The Labute approximate surface area is 101 Å². The smallest absolute Gasteiger partial charge is 0.147 e. The average molecular weight is 234 g/mol. The van der Waals surface area contributed by atoms with Crippen molar-refractivity contribution in [2.75, 3.05) is 6.54 Å². The van der Waals surface area contributed by atoms with E-state index >= 15 is 0 Å². The minimum absolute atomic E-state index is 0.172. The predicted molar refractivity (Wildman–Crippen MR) is 69.7 cm³/mol. The number of fused-ring (bicyclic) bond motifs is 1. The molecule has 3 heteroatoms. The third kappa shape index (κ3) is 2.86. The average Bonchev–Trinajstić information content (AvgIpc) is 2.69. The quantitative estimate of drug-likeness (QED) is 0.764. The lowest BCUT2D eigenvalue weighted by atomic mass is 10.1. The highest BCUT2D eigenvalue weighted by molar-refractivity contribution is 5.83. The molecule has 0 amide bonds. The lowest BCUT2D eigenvalue weighted by molar-refractivity contribution is 0.571. The van der Waals surface area contributed by atoms with E-state index in [1.54, 1.807) is 6.07 Å². The van der Waals surface area contributed by atoms with Crippen LogP contribution in [0.1, 0.15) is 25.8 Å². The molecule has 2 rings (SSSR count). The number of hydrogen-bond donors (Lipinski definition) is 2. The fourth-order valence-corrected chi connectivity index (χ4v) is 2.05. The molecule has 2 nitrogen and oxygen atoms in total. The van der Waals surface area contributed by atoms with E-state index in [0.717, 1.165) is 24.8 Å². The number of rotatable bonds is 5. The largest absolute Gasteiger partial charge is 0.359 e. The maximum absolute atomic E-state index is 13.5. The van der Waals surface area contributed by atoms with Crippen LogP contribution in [0, 0.1) is 5.82 Å². The topological polar surface area (TPSA) is 27.8 Å². The maximum atomic E-state index is 13.5. The lowest BCUT2D eigenvalue weighted by Crippen LogP contribution is -2.23. The molecular weight excluding hydrogens is 215 g/mol. The van der Waals surface area contributed by atoms with E-state index in [0.29, 0.717) is 11.6 Å². The number of H-pyrrole nitrogens is 1. The van der Waals surface area contributed by atoms with Crippen molar-refractivity contribution in [1.29, 1.82) is 0 Å². The number of aromatic amines is 1. The van der Waals surface area contributed by atoms with Crippen LogP contribution in [0.3, 0.4) is 0 Å². The number of halogens is 1. The first-order valence-corrected chi connectivity index (χ1v) is 6.16. The van der Waals surface area contributed by atoms with Crippen LogP contribution in [0.5, 0.6) is 0 Å². The number of hydrogen-bond acceptors (Lipinski definition) is 1. The van der Waals surface area contributed by atoms with E-state index < -0.39 is 0 Å². The van der Waals surface area contributed by atoms with Crippen molar-refractivity contribution >= 4 is 10.9 Å². The Morgan fingerprint density at radius 2 is 2.18 bits per heavy atom. The molecular formula is C14H19FN2. The summed E-state index contributed by atoms with van der Waals surface area (Å²) in [6, 6.07) is 5.75. The summed E-state index contributed by atoms with van der Waals surface area (Å²) in [7, 11) is 0. The molecule has 0 radical (unpaired) electrons. The van der Waals surface area contributed by atoms with Crippen LogP contribution < -0.4 is 5.32 Å². The van der Waals surface area contributed by atoms with Crippen LogP contribution >= 0.6 is 0 Å². The molecule has 0 fully saturated rings. The highest BCUT2D eigenvalue weighted by Crippen LogP contribution is 2.21. The van der Waals surface area contributed by atoms with Gasteiger partial charge in [-0.3, -0.25) is 0 Å². The van der Waals surface area contributed by atoms with Crippen LogP contribution in [0.2, 0.25) is 0 Å². The van der Waals surface area contributed by atoms with Crippen LogP contribution in [-0.4, -0.2) is 17.6 Å². The molecule has 92 valence electrons. The Balaban J connectivity index is 2.02. The second kappa shape index (κ2) is 5.32. The van der Waals surface area contributed by atoms with Crippen LogP contribution in [0.15, 0.2) is 24.4 Å². The van der Waals surface area contributed by atoms with Gasteiger partial charge in [0.05, 0.1) is 5.52 Å². The summed E-state index contributed by atoms with van der Waals surface area (Å²) in [4.78, 5) is 3.01. The molecule has 0 bridgehead atoms. The van der Waals surface area contributed by atoms with E-state index in [9.17, 15) is 4.39 Å². The molecule has 17 heavy (non-hydrogen) atoms. The van der Waals surface area contributed by atoms with Crippen molar-refractivity contribution in [2.45, 2.75) is 32.7 Å². The first-order valence-electron chi connectivity index (χ1n) is 6.16. The molecule has 1 aromatic carbocycles. The van der Waals surface area contributed by atoms with Gasteiger partial charge in [0.15, 0.2) is 0 Å². The van der Waals surface area contributed by atoms with Gasteiger partial charge < -0.3 is 10.3 Å². The van der Waals surface area contributed by atoms with Gasteiger partial charge in [-0.25, -0.2) is 4.39 Å². The fourth-order valence-electron chi connectivity index (χ4n) is 2.05. The van der Waals surface area contributed by atoms with Gasteiger partial charge in [0.2, 0.25) is 0 Å². The molecule has 0 aliphatic heterocycles. The number of aryl methyl sites for hydroxylation is 1. The molecule has 2 aromatic rings. The lowest BCUT2D eigenvalue weighted by Gasteiger charge is -2.07. The Morgan fingerprint density at radius 1 is 1.35 bits per heavy atom. The zero-order valence-electron chi connectivity index (χ0n) is 10.4. The molecule has 1 aromatic heterocycles. The predicted octanol–water partition coefficient (Wildman–Crippen LogP) is 3.24. The summed E-state index contributed by atoms with van der Waals surface area (Å²) >= 11 is 0. The van der Waals surface area contributed by atoms with E-state index in [2.05, 4.69) is 24.1 Å². The minimum Gasteiger partial charge on any atom is -0.359 e. The Bertz CT molecular complexity index is 488. The van der Waals surface area contributed by atoms with E-state index in [1.807, 2.05) is 12.3 Å². The third-order valence-electron chi connectivity index (χ3n) is 2.93. The SMILES string of the molecule is CC(C)NCCCc1c[nH]c2c(F)cccc12. The summed E-state index contributed by atoms with van der Waals surface area (Å²) in [5, 5.41) is 4.39. The first kappa shape index (κ1) is 12.1. The molecule has 2 N–H and O–H groups in total. The summed E-state index contributed by atoms with van der Waals surface area (Å²) < 4.78 is 13.5. The molecule has 0 unspecified atom stereocenters. The first-order chi connectivity index (χ1) is 8.18. The van der Waals surface area contributed by atoms with Crippen LogP contribution in [0.25, 0.3) is 10.9 Å². The Hall–Kier alpha value is -1.35. The number of para-hydroxylation sites is 1. The molecule has 0 aliphatic rings. The molecule has 0 atom stereocenters. The van der Waals surface area contributed by atoms with Gasteiger partial charge in [-0.2, -0.15) is 0 Å². The van der Waals surface area contributed by atoms with E-state index in [1.165, 1.54) is 11.6 Å². The Morgan fingerprint density at radius 3 is 2.94 bits per heavy atom. The zero-order chi connectivity index (χ0) is 12.3. The van der Waals surface area contributed by atoms with Gasteiger partial charge in [-0.15, -0.1) is 0 Å². The van der Waals surface area contributed by atoms with Crippen molar-refractivity contribution in [3.05, 3.63) is 35.8 Å². The van der Waals surface area contributed by atoms with Gasteiger partial charge >= 0.3 is 0 Å². The van der Waals surface area contributed by atoms with E-state index in [-0.39, 0.29) is 5.82 Å². The molecule has 1 heterocycles. The normalized spacial score (nSPS) is 11.5. The molecule has 0 aliphatic carbocycles. The number of nitrogens with one attached hydrogen (secondary N) is 2. The van der Waals surface area contributed by atoms with Crippen molar-refractivity contribution in [3.8, 4) is 0 Å². The van der Waals surface area contributed by atoms with Crippen LogP contribution in [-0.2, 0) is 6.42 Å². The summed E-state index contributed by atoms with van der Waals surface area (Å²) in [5.74, 6) is -0.172. The van der Waals surface area contributed by atoms with Gasteiger partial charge in [0.25, 0.3) is 0 Å². The van der Waals surface area contributed by atoms with Crippen molar-refractivity contribution < 1.29 is 4.39 Å². The van der Waals surface area contributed by atoms with Crippen molar-refractivity contribution in [1.82, 2.24) is 10.3 Å². The molecule has 0 saturated carbocycles. The van der Waals surface area contributed by atoms with Crippen molar-refractivity contribution in [3.63, 3.8) is 0 Å². The molecule has 0 spiro atoms. The highest BCUT2D eigenvalue weighted by Gasteiger charge is 2.06. The standard InChI is InChI=1S/C14H19FN2/c1-10(2)16-8-4-5-11-9-17-14-12(11)6-3-7-13(14)15/h3,6-7,9-10,16-17H,4-5,8H2,1-2H3. The second-order valence-electron chi connectivity index (χ2n) is 4.69. The van der Waals surface area contributed by atoms with Crippen molar-refractivity contribution in [2.24, 2.45) is 0 Å². The fraction of sp³-hybridized carbons (Fsp3) is 0.429. The number of aromatic nitrogens is 1. The summed E-state index contributed by atoms with van der Waals surface area (Å²) in [6.07, 6.45) is 3.97. The van der Waals surface area contributed by atoms with E-state index in [4.69, 9.17) is 0 Å². The van der Waals surface area contributed by atoms with Gasteiger partial charge in [-0.1, -0.05) is 26.0 Å².